The van der Waals surface area contributed by atoms with E-state index in [0.717, 1.165) is 22.4 Å². The summed E-state index contributed by atoms with van der Waals surface area (Å²) in [6.07, 6.45) is 0. The third-order valence-corrected chi connectivity index (χ3v) is 3.31. The summed E-state index contributed by atoms with van der Waals surface area (Å²) in [6, 6.07) is 11.5. The molecular formula is C18H20O2. The van der Waals surface area contributed by atoms with E-state index in [4.69, 9.17) is 4.74 Å². The predicted octanol–water partition coefficient (Wildman–Crippen LogP) is 4.24. The summed E-state index contributed by atoms with van der Waals surface area (Å²) < 4.78 is 5.46. The van der Waals surface area contributed by atoms with Crippen molar-refractivity contribution in [2.75, 3.05) is 6.61 Å². The number of aryl methyl sites for hydroxylation is 3. The van der Waals surface area contributed by atoms with Crippen LogP contribution in [0.1, 0.15) is 39.5 Å². The molecule has 0 radical (unpaired) electrons. The normalized spacial score (nSPS) is 10.4. The van der Waals surface area contributed by atoms with Gasteiger partial charge in [0, 0.05) is 11.1 Å². The van der Waals surface area contributed by atoms with Crippen molar-refractivity contribution >= 4 is 5.78 Å². The van der Waals surface area contributed by atoms with Gasteiger partial charge in [-0.3, -0.25) is 4.79 Å². The largest absolute Gasteiger partial charge is 0.494 e. The highest BCUT2D eigenvalue weighted by molar-refractivity contribution is 6.11. The zero-order valence-electron chi connectivity index (χ0n) is 12.5. The molecule has 0 saturated heterocycles. The molecule has 0 spiro atoms. The molecule has 0 aliphatic rings. The Morgan fingerprint density at radius 2 is 1.70 bits per heavy atom. The molecule has 0 saturated carbocycles. The molecule has 2 aromatic rings. The van der Waals surface area contributed by atoms with Crippen LogP contribution in [0.2, 0.25) is 0 Å². The SMILES string of the molecule is CCOc1cccc(C(=O)c2c(C)cc(C)cc2C)c1. The number of ether oxygens (including phenoxy) is 1. The maximum absolute atomic E-state index is 12.7. The van der Waals surface area contributed by atoms with Crippen molar-refractivity contribution in [2.45, 2.75) is 27.7 Å². The molecular weight excluding hydrogens is 248 g/mol. The van der Waals surface area contributed by atoms with Crippen molar-refractivity contribution in [3.63, 3.8) is 0 Å². The van der Waals surface area contributed by atoms with E-state index in [-0.39, 0.29) is 5.78 Å². The van der Waals surface area contributed by atoms with Gasteiger partial charge in [0.15, 0.2) is 5.78 Å². The molecule has 0 aromatic heterocycles. The molecule has 104 valence electrons. The lowest BCUT2D eigenvalue weighted by molar-refractivity contribution is 0.103. The molecule has 0 unspecified atom stereocenters. The van der Waals surface area contributed by atoms with Gasteiger partial charge in [0.25, 0.3) is 0 Å². The Labute approximate surface area is 120 Å². The van der Waals surface area contributed by atoms with Gasteiger partial charge in [0.2, 0.25) is 0 Å². The zero-order valence-corrected chi connectivity index (χ0v) is 12.5. The first-order chi connectivity index (χ1) is 9.52. The highest BCUT2D eigenvalue weighted by atomic mass is 16.5. The average Bonchev–Trinajstić information content (AvgIpc) is 2.38. The van der Waals surface area contributed by atoms with Gasteiger partial charge in [0.05, 0.1) is 6.61 Å². The Morgan fingerprint density at radius 3 is 2.30 bits per heavy atom. The van der Waals surface area contributed by atoms with Crippen molar-refractivity contribution < 1.29 is 9.53 Å². The fraction of sp³-hybridized carbons (Fsp3) is 0.278. The van der Waals surface area contributed by atoms with Crippen LogP contribution in [0, 0.1) is 20.8 Å². The van der Waals surface area contributed by atoms with Crippen molar-refractivity contribution in [3.05, 3.63) is 64.2 Å². The standard InChI is InChI=1S/C18H20O2/c1-5-20-16-8-6-7-15(11-16)18(19)17-13(3)9-12(2)10-14(17)4/h6-11H,5H2,1-4H3. The second-order valence-corrected chi connectivity index (χ2v) is 5.06. The average molecular weight is 268 g/mol. The van der Waals surface area contributed by atoms with Gasteiger partial charge < -0.3 is 4.74 Å². The van der Waals surface area contributed by atoms with Gasteiger partial charge in [-0.15, -0.1) is 0 Å². The summed E-state index contributed by atoms with van der Waals surface area (Å²) in [5, 5.41) is 0. The van der Waals surface area contributed by atoms with E-state index in [0.29, 0.717) is 12.2 Å². The van der Waals surface area contributed by atoms with Gasteiger partial charge >= 0.3 is 0 Å². The van der Waals surface area contributed by atoms with Gasteiger partial charge in [-0.1, -0.05) is 29.8 Å². The Kier molecular flexibility index (Phi) is 4.23. The van der Waals surface area contributed by atoms with E-state index in [1.807, 2.05) is 64.1 Å². The Hall–Kier alpha value is -2.09. The van der Waals surface area contributed by atoms with Crippen LogP contribution >= 0.6 is 0 Å². The molecule has 0 atom stereocenters. The number of hydrogen-bond donors (Lipinski definition) is 0. The van der Waals surface area contributed by atoms with Crippen molar-refractivity contribution in [3.8, 4) is 5.75 Å². The van der Waals surface area contributed by atoms with E-state index in [2.05, 4.69) is 0 Å². The van der Waals surface area contributed by atoms with Crippen LogP contribution in [0.15, 0.2) is 36.4 Å². The maximum atomic E-state index is 12.7. The molecule has 2 rings (SSSR count). The summed E-state index contributed by atoms with van der Waals surface area (Å²) in [7, 11) is 0. The molecule has 0 bridgehead atoms. The fourth-order valence-corrected chi connectivity index (χ4v) is 2.58. The number of carbonyl (C=O) groups is 1. The second-order valence-electron chi connectivity index (χ2n) is 5.06. The van der Waals surface area contributed by atoms with Crippen LogP contribution in [0.4, 0.5) is 0 Å². The molecule has 2 nitrogen and oxygen atoms in total. The van der Waals surface area contributed by atoms with E-state index < -0.39 is 0 Å². The third-order valence-electron chi connectivity index (χ3n) is 3.31. The number of rotatable bonds is 4. The third kappa shape index (κ3) is 2.90. The second kappa shape index (κ2) is 5.91. The lowest BCUT2D eigenvalue weighted by Crippen LogP contribution is -2.07. The van der Waals surface area contributed by atoms with Gasteiger partial charge in [-0.2, -0.15) is 0 Å². The van der Waals surface area contributed by atoms with E-state index in [1.165, 1.54) is 5.56 Å². The highest BCUT2D eigenvalue weighted by Crippen LogP contribution is 2.22. The van der Waals surface area contributed by atoms with Crippen LogP contribution in [0.5, 0.6) is 5.75 Å². The van der Waals surface area contributed by atoms with Crippen LogP contribution in [-0.2, 0) is 0 Å². The molecule has 0 fully saturated rings. The van der Waals surface area contributed by atoms with Crippen molar-refractivity contribution in [2.24, 2.45) is 0 Å². The number of benzene rings is 2. The first kappa shape index (κ1) is 14.3. The molecule has 20 heavy (non-hydrogen) atoms. The first-order valence-corrected chi connectivity index (χ1v) is 6.88. The van der Waals surface area contributed by atoms with Crippen LogP contribution in [0.25, 0.3) is 0 Å². The molecule has 0 amide bonds. The van der Waals surface area contributed by atoms with Crippen LogP contribution in [0.3, 0.4) is 0 Å². The Morgan fingerprint density at radius 1 is 1.05 bits per heavy atom. The molecule has 2 heteroatoms. The predicted molar refractivity (Wildman–Crippen MR) is 81.7 cm³/mol. The number of carbonyl (C=O) groups excluding carboxylic acids is 1. The van der Waals surface area contributed by atoms with E-state index in [9.17, 15) is 4.79 Å². The minimum Gasteiger partial charge on any atom is -0.494 e. The van der Waals surface area contributed by atoms with Crippen LogP contribution < -0.4 is 4.74 Å². The van der Waals surface area contributed by atoms with Crippen LogP contribution in [-0.4, -0.2) is 12.4 Å². The Bertz CT molecular complexity index is 619. The Balaban J connectivity index is 2.44. The van der Waals surface area contributed by atoms with Gasteiger partial charge in [-0.05, 0) is 51.0 Å². The smallest absolute Gasteiger partial charge is 0.193 e. The topological polar surface area (TPSA) is 26.3 Å². The van der Waals surface area contributed by atoms with Gasteiger partial charge in [-0.25, -0.2) is 0 Å². The fourth-order valence-electron chi connectivity index (χ4n) is 2.58. The number of hydrogen-bond acceptors (Lipinski definition) is 2. The first-order valence-electron chi connectivity index (χ1n) is 6.88. The monoisotopic (exact) mass is 268 g/mol. The molecule has 0 heterocycles. The van der Waals surface area contributed by atoms with E-state index in [1.54, 1.807) is 0 Å². The van der Waals surface area contributed by atoms with Crippen molar-refractivity contribution in [1.29, 1.82) is 0 Å². The lowest BCUT2D eigenvalue weighted by atomic mass is 9.93. The summed E-state index contributed by atoms with van der Waals surface area (Å²) in [5.74, 6) is 0.794. The maximum Gasteiger partial charge on any atom is 0.193 e. The zero-order chi connectivity index (χ0) is 14.7. The highest BCUT2D eigenvalue weighted by Gasteiger charge is 2.15. The lowest BCUT2D eigenvalue weighted by Gasteiger charge is -2.11. The van der Waals surface area contributed by atoms with Gasteiger partial charge in [0.1, 0.15) is 5.75 Å². The summed E-state index contributed by atoms with van der Waals surface area (Å²) in [5.41, 5.74) is 4.69. The molecule has 2 aromatic carbocycles. The molecule has 0 N–H and O–H groups in total. The molecule has 0 aliphatic carbocycles. The van der Waals surface area contributed by atoms with Crippen molar-refractivity contribution in [1.82, 2.24) is 0 Å². The quantitative estimate of drug-likeness (QED) is 0.775. The number of ketones is 1. The molecule has 0 aliphatic heterocycles. The summed E-state index contributed by atoms with van der Waals surface area (Å²) >= 11 is 0. The van der Waals surface area contributed by atoms with E-state index >= 15 is 0 Å². The minimum absolute atomic E-state index is 0.0570. The summed E-state index contributed by atoms with van der Waals surface area (Å²) in [6.45, 7) is 8.55. The minimum atomic E-state index is 0.0570. The summed E-state index contributed by atoms with van der Waals surface area (Å²) in [4.78, 5) is 12.7.